The van der Waals surface area contributed by atoms with E-state index >= 15 is 0 Å². The van der Waals surface area contributed by atoms with E-state index in [-0.39, 0.29) is 17.7 Å². The van der Waals surface area contributed by atoms with E-state index in [1.807, 2.05) is 6.92 Å². The average molecular weight is 402 g/mol. The van der Waals surface area contributed by atoms with Gasteiger partial charge in [0.25, 0.3) is 0 Å². The zero-order valence-corrected chi connectivity index (χ0v) is 15.9. The van der Waals surface area contributed by atoms with E-state index in [0.717, 1.165) is 5.56 Å². The Morgan fingerprint density at radius 2 is 1.83 bits per heavy atom. The molecule has 8 heteroatoms. The van der Waals surface area contributed by atoms with Crippen LogP contribution in [0, 0.1) is 11.6 Å². The molecule has 30 heavy (non-hydrogen) atoms. The molecule has 0 aliphatic carbocycles. The van der Waals surface area contributed by atoms with Crippen LogP contribution in [-0.4, -0.2) is 24.9 Å². The van der Waals surface area contributed by atoms with Crippen molar-refractivity contribution in [1.82, 2.24) is 24.9 Å². The third-order valence-electron chi connectivity index (χ3n) is 5.01. The van der Waals surface area contributed by atoms with Crippen LogP contribution in [0.1, 0.15) is 18.5 Å². The summed E-state index contributed by atoms with van der Waals surface area (Å²) < 4.78 is 28.1. The van der Waals surface area contributed by atoms with Gasteiger partial charge in [-0.1, -0.05) is 12.1 Å². The van der Waals surface area contributed by atoms with Gasteiger partial charge in [-0.15, -0.1) is 0 Å². The first-order chi connectivity index (χ1) is 14.6. The first-order valence-corrected chi connectivity index (χ1v) is 9.35. The van der Waals surface area contributed by atoms with Crippen molar-refractivity contribution in [2.24, 2.45) is 0 Å². The van der Waals surface area contributed by atoms with Crippen LogP contribution in [0.25, 0.3) is 33.2 Å². The summed E-state index contributed by atoms with van der Waals surface area (Å²) in [5.74, 6) is -0.193. The van der Waals surface area contributed by atoms with E-state index in [4.69, 9.17) is 0 Å². The van der Waals surface area contributed by atoms with Crippen LogP contribution in [-0.2, 0) is 0 Å². The molecule has 0 aliphatic heterocycles. The van der Waals surface area contributed by atoms with Gasteiger partial charge < -0.3 is 10.3 Å². The van der Waals surface area contributed by atoms with E-state index in [2.05, 4.69) is 30.2 Å². The lowest BCUT2D eigenvalue weighted by Gasteiger charge is -2.20. The summed E-state index contributed by atoms with van der Waals surface area (Å²) in [4.78, 5) is 20.1. The molecule has 3 heterocycles. The van der Waals surface area contributed by atoms with Gasteiger partial charge in [0.1, 0.15) is 23.5 Å². The highest BCUT2D eigenvalue weighted by molar-refractivity contribution is 5.96. The van der Waals surface area contributed by atoms with Crippen LogP contribution in [0.4, 0.5) is 14.6 Å². The number of H-pyrrole nitrogens is 1. The molecule has 5 rings (SSSR count). The zero-order chi connectivity index (χ0) is 20.7. The Morgan fingerprint density at radius 1 is 0.967 bits per heavy atom. The predicted octanol–water partition coefficient (Wildman–Crippen LogP) is 5.02. The second-order valence-corrected chi connectivity index (χ2v) is 6.95. The number of aromatic amines is 1. The highest BCUT2D eigenvalue weighted by atomic mass is 19.1. The maximum absolute atomic E-state index is 14.1. The van der Waals surface area contributed by atoms with Crippen molar-refractivity contribution in [3.05, 3.63) is 78.5 Å². The fourth-order valence-corrected chi connectivity index (χ4v) is 3.63. The summed E-state index contributed by atoms with van der Waals surface area (Å²) in [5, 5.41) is 3.94. The van der Waals surface area contributed by atoms with E-state index in [1.165, 1.54) is 30.6 Å². The van der Waals surface area contributed by atoms with Gasteiger partial charge in [-0.25, -0.2) is 23.7 Å². The Balaban J connectivity index is 1.68. The number of anilines is 1. The summed E-state index contributed by atoms with van der Waals surface area (Å²) in [7, 11) is 0. The van der Waals surface area contributed by atoms with Crippen molar-refractivity contribution >= 4 is 27.9 Å². The Hall–Kier alpha value is -3.94. The van der Waals surface area contributed by atoms with Crippen molar-refractivity contribution in [1.29, 1.82) is 0 Å². The minimum Gasteiger partial charge on any atom is -0.362 e. The van der Waals surface area contributed by atoms with Crippen molar-refractivity contribution in [2.75, 3.05) is 5.32 Å². The number of nitrogens with zero attached hydrogens (tertiary/aromatic N) is 4. The maximum atomic E-state index is 14.1. The van der Waals surface area contributed by atoms with Crippen molar-refractivity contribution < 1.29 is 8.78 Å². The van der Waals surface area contributed by atoms with E-state index in [1.54, 1.807) is 30.7 Å². The first kappa shape index (κ1) is 18.1. The van der Waals surface area contributed by atoms with Gasteiger partial charge in [0.05, 0.1) is 17.9 Å². The van der Waals surface area contributed by atoms with Crippen LogP contribution in [0.5, 0.6) is 0 Å². The zero-order valence-electron chi connectivity index (χ0n) is 15.9. The SMILES string of the molecule is CC(Nc1ncnc2[nH]cnc12)c1cnc2ccc(F)cc2c1-c1cccc(F)c1. The average Bonchev–Trinajstić information content (AvgIpc) is 3.22. The summed E-state index contributed by atoms with van der Waals surface area (Å²) >= 11 is 0. The number of hydrogen-bond donors (Lipinski definition) is 2. The number of nitrogens with one attached hydrogen (secondary N) is 2. The molecule has 0 fully saturated rings. The molecule has 0 saturated heterocycles. The van der Waals surface area contributed by atoms with Gasteiger partial charge in [-0.3, -0.25) is 4.98 Å². The van der Waals surface area contributed by atoms with Crippen molar-refractivity contribution in [3.63, 3.8) is 0 Å². The molecule has 148 valence electrons. The molecule has 0 spiro atoms. The number of halogens is 2. The highest BCUT2D eigenvalue weighted by Gasteiger charge is 2.19. The monoisotopic (exact) mass is 402 g/mol. The molecule has 6 nitrogen and oxygen atoms in total. The highest BCUT2D eigenvalue weighted by Crippen LogP contribution is 2.36. The number of aromatic nitrogens is 5. The lowest BCUT2D eigenvalue weighted by Crippen LogP contribution is -2.11. The topological polar surface area (TPSA) is 79.4 Å². The number of rotatable bonds is 4. The van der Waals surface area contributed by atoms with Crippen LogP contribution in [0.3, 0.4) is 0 Å². The van der Waals surface area contributed by atoms with E-state index in [0.29, 0.717) is 39.0 Å². The van der Waals surface area contributed by atoms with Crippen LogP contribution < -0.4 is 5.32 Å². The van der Waals surface area contributed by atoms with Gasteiger partial charge >= 0.3 is 0 Å². The van der Waals surface area contributed by atoms with Gasteiger partial charge in [0, 0.05) is 17.1 Å². The third kappa shape index (κ3) is 3.12. The second-order valence-electron chi connectivity index (χ2n) is 6.95. The molecule has 1 unspecified atom stereocenters. The molecule has 2 aromatic carbocycles. The van der Waals surface area contributed by atoms with E-state index in [9.17, 15) is 8.78 Å². The first-order valence-electron chi connectivity index (χ1n) is 9.35. The Bertz CT molecular complexity index is 1380. The quantitative estimate of drug-likeness (QED) is 0.441. The number of fused-ring (bicyclic) bond motifs is 2. The molecule has 0 saturated carbocycles. The normalized spacial score (nSPS) is 12.4. The van der Waals surface area contributed by atoms with Crippen molar-refractivity contribution in [3.8, 4) is 11.1 Å². The summed E-state index contributed by atoms with van der Waals surface area (Å²) in [6, 6.07) is 10.4. The minimum atomic E-state index is -0.381. The number of hydrogen-bond acceptors (Lipinski definition) is 5. The van der Waals surface area contributed by atoms with E-state index < -0.39 is 0 Å². The van der Waals surface area contributed by atoms with Gasteiger partial charge in [-0.05, 0) is 48.4 Å². The second kappa shape index (κ2) is 7.14. The predicted molar refractivity (Wildman–Crippen MR) is 111 cm³/mol. The molecular weight excluding hydrogens is 386 g/mol. The Kier molecular flexibility index (Phi) is 4.31. The fraction of sp³-hybridized carbons (Fsp3) is 0.0909. The minimum absolute atomic E-state index is 0.279. The van der Waals surface area contributed by atoms with Gasteiger partial charge in [0.15, 0.2) is 11.5 Å². The lowest BCUT2D eigenvalue weighted by atomic mass is 9.93. The maximum Gasteiger partial charge on any atom is 0.162 e. The molecule has 3 aromatic heterocycles. The number of imidazole rings is 1. The standard InChI is InChI=1S/C22H16F2N6/c1-12(30-22-20-21(27-10-26-20)28-11-29-22)17-9-25-18-6-5-15(24)8-16(18)19(17)13-3-2-4-14(23)7-13/h2-12H,1H3,(H2,26,27,28,29,30). The Morgan fingerprint density at radius 3 is 2.70 bits per heavy atom. The van der Waals surface area contributed by atoms with Crippen LogP contribution in [0.2, 0.25) is 0 Å². The summed E-state index contributed by atoms with van der Waals surface area (Å²) in [5.41, 5.74) is 3.99. The van der Waals surface area contributed by atoms with Gasteiger partial charge in [-0.2, -0.15) is 0 Å². The molecule has 2 N–H and O–H groups in total. The fourth-order valence-electron chi connectivity index (χ4n) is 3.63. The smallest absolute Gasteiger partial charge is 0.162 e. The van der Waals surface area contributed by atoms with Crippen molar-refractivity contribution in [2.45, 2.75) is 13.0 Å². The van der Waals surface area contributed by atoms with Crippen LogP contribution >= 0.6 is 0 Å². The van der Waals surface area contributed by atoms with Gasteiger partial charge in [0.2, 0.25) is 0 Å². The summed E-state index contributed by atoms with van der Waals surface area (Å²) in [6.45, 7) is 1.94. The molecule has 0 radical (unpaired) electrons. The molecule has 0 amide bonds. The molecule has 5 aromatic rings. The molecular formula is C22H16F2N6. The molecule has 0 bridgehead atoms. The lowest BCUT2D eigenvalue weighted by molar-refractivity contribution is 0.628. The summed E-state index contributed by atoms with van der Waals surface area (Å²) in [6.07, 6.45) is 4.71. The van der Waals surface area contributed by atoms with Crippen LogP contribution in [0.15, 0.2) is 61.3 Å². The Labute approximate surface area is 170 Å². The third-order valence-corrected chi connectivity index (χ3v) is 5.01. The number of pyridine rings is 1. The molecule has 0 aliphatic rings. The molecule has 1 atom stereocenters. The number of benzene rings is 2. The largest absolute Gasteiger partial charge is 0.362 e.